The summed E-state index contributed by atoms with van der Waals surface area (Å²) in [5, 5.41) is 20.7. The lowest BCUT2D eigenvalue weighted by atomic mass is 9.96. The summed E-state index contributed by atoms with van der Waals surface area (Å²) in [5.74, 6) is -1.24. The second kappa shape index (κ2) is 10.2. The Kier molecular flexibility index (Phi) is 6.39. The van der Waals surface area contributed by atoms with Crippen LogP contribution in [0.15, 0.2) is 84.4 Å². The third kappa shape index (κ3) is 4.35. The van der Waals surface area contributed by atoms with Crippen LogP contribution in [0.1, 0.15) is 25.3 Å². The molecule has 1 N–H and O–H groups in total. The Balaban J connectivity index is 1.43. The van der Waals surface area contributed by atoms with Crippen LogP contribution in [0.4, 0.5) is 0 Å². The number of hydrogen-bond acceptors (Lipinski definition) is 5. The highest BCUT2D eigenvalue weighted by Crippen LogP contribution is 2.38. The Morgan fingerprint density at radius 2 is 1.59 bits per heavy atom. The first kappa shape index (κ1) is 24.5. The Bertz CT molecular complexity index is 1940. The first-order chi connectivity index (χ1) is 19.1. The van der Waals surface area contributed by atoms with Gasteiger partial charge in [-0.25, -0.2) is 4.79 Å². The van der Waals surface area contributed by atoms with E-state index in [1.165, 1.54) is 39.6 Å². The molecule has 7 heteroatoms. The monoisotopic (exact) mass is 528 g/mol. The van der Waals surface area contributed by atoms with Crippen molar-refractivity contribution in [1.82, 2.24) is 13.3 Å². The average Bonchev–Trinajstić information content (AvgIpc) is 3.58. The normalized spacial score (nSPS) is 11.8. The maximum absolute atomic E-state index is 11.2. The molecule has 6 rings (SSSR count). The molecule has 0 aliphatic carbocycles. The van der Waals surface area contributed by atoms with E-state index < -0.39 is 5.97 Å². The Morgan fingerprint density at radius 1 is 0.923 bits per heavy atom. The van der Waals surface area contributed by atoms with E-state index in [0.717, 1.165) is 52.7 Å². The predicted molar refractivity (Wildman–Crippen MR) is 157 cm³/mol. The van der Waals surface area contributed by atoms with E-state index in [-0.39, 0.29) is 5.57 Å². The molecule has 0 radical (unpaired) electrons. The highest BCUT2D eigenvalue weighted by atomic mass is 32.1. The van der Waals surface area contributed by atoms with Crippen molar-refractivity contribution in [2.75, 3.05) is 0 Å². The smallest absolute Gasteiger partial charge is 0.346 e. The van der Waals surface area contributed by atoms with Gasteiger partial charge in [0.15, 0.2) is 0 Å². The summed E-state index contributed by atoms with van der Waals surface area (Å²) in [4.78, 5) is 11.2. The molecule has 0 atom stereocenters. The van der Waals surface area contributed by atoms with Crippen molar-refractivity contribution in [1.29, 1.82) is 5.26 Å². The molecule has 0 aliphatic rings. The van der Waals surface area contributed by atoms with E-state index in [2.05, 4.69) is 74.8 Å². The molecule has 0 saturated heterocycles. The van der Waals surface area contributed by atoms with Crippen LogP contribution in [0.5, 0.6) is 0 Å². The lowest BCUT2D eigenvalue weighted by molar-refractivity contribution is -0.132. The minimum Gasteiger partial charge on any atom is -0.477 e. The average molecular weight is 529 g/mol. The number of carbonyl (C=O) groups is 1. The third-order valence-electron chi connectivity index (χ3n) is 7.12. The van der Waals surface area contributed by atoms with Gasteiger partial charge in [-0.05, 0) is 47.4 Å². The molecule has 2 heterocycles. The highest BCUT2D eigenvalue weighted by molar-refractivity contribution is 7.00. The zero-order chi connectivity index (χ0) is 26.9. The van der Waals surface area contributed by atoms with Gasteiger partial charge in [0.25, 0.3) is 0 Å². The predicted octanol–water partition coefficient (Wildman–Crippen LogP) is 7.92. The molecule has 6 nitrogen and oxygen atoms in total. The van der Waals surface area contributed by atoms with E-state index in [1.807, 2.05) is 12.1 Å². The van der Waals surface area contributed by atoms with Gasteiger partial charge < -0.3 is 9.67 Å². The van der Waals surface area contributed by atoms with Crippen molar-refractivity contribution in [3.63, 3.8) is 0 Å². The van der Waals surface area contributed by atoms with Crippen LogP contribution in [0.2, 0.25) is 0 Å². The molecule has 0 bridgehead atoms. The van der Waals surface area contributed by atoms with Crippen molar-refractivity contribution < 1.29 is 9.90 Å². The highest BCUT2D eigenvalue weighted by Gasteiger charge is 2.16. The largest absolute Gasteiger partial charge is 0.477 e. The number of aryl methyl sites for hydroxylation is 1. The summed E-state index contributed by atoms with van der Waals surface area (Å²) < 4.78 is 11.7. The lowest BCUT2D eigenvalue weighted by Crippen LogP contribution is -1.97. The number of nitriles is 1. The number of benzene rings is 4. The second-order valence-corrected chi connectivity index (χ2v) is 10.0. The van der Waals surface area contributed by atoms with E-state index in [1.54, 1.807) is 18.2 Å². The van der Waals surface area contributed by atoms with Gasteiger partial charge in [0.1, 0.15) is 22.7 Å². The number of rotatable bonds is 7. The molecule has 6 aromatic rings. The molecule has 2 aromatic heterocycles. The second-order valence-electron chi connectivity index (χ2n) is 9.47. The van der Waals surface area contributed by atoms with Crippen molar-refractivity contribution in [2.45, 2.75) is 26.3 Å². The lowest BCUT2D eigenvalue weighted by Gasteiger charge is -2.09. The number of para-hydroxylation sites is 1. The number of fused-ring (bicyclic) bond motifs is 4. The molecule has 0 unspecified atom stereocenters. The van der Waals surface area contributed by atoms with E-state index in [4.69, 9.17) is 10.4 Å². The topological polar surface area (TPSA) is 91.8 Å². The molecule has 4 aromatic carbocycles. The van der Waals surface area contributed by atoms with Crippen LogP contribution in [-0.4, -0.2) is 24.4 Å². The van der Waals surface area contributed by atoms with Crippen molar-refractivity contribution in [2.24, 2.45) is 0 Å². The maximum atomic E-state index is 11.2. The summed E-state index contributed by atoms with van der Waals surface area (Å²) in [5.41, 5.74) is 8.57. The fourth-order valence-electron chi connectivity index (χ4n) is 5.18. The maximum Gasteiger partial charge on any atom is 0.346 e. The Labute approximate surface area is 229 Å². The van der Waals surface area contributed by atoms with Crippen molar-refractivity contribution in [3.05, 3.63) is 90.0 Å². The van der Waals surface area contributed by atoms with E-state index in [0.29, 0.717) is 5.56 Å². The number of carboxylic acids is 1. The van der Waals surface area contributed by atoms with Gasteiger partial charge in [0, 0.05) is 39.5 Å². The molecule has 0 fully saturated rings. The fourth-order valence-corrected chi connectivity index (χ4v) is 5.75. The SMILES string of the molecule is CCCCn1c2ccccc2c2cc(-c3ccc(-c4ccc(/C=C(/C#N)C(=O)O)cc4)c4nsnc34)ccc21. The molecule has 190 valence electrons. The standard InChI is InChI=1S/C32H24N4O2S/c1-2-3-16-36-28-7-5-4-6-26(28)27-18-22(12-15-29(27)36)25-14-13-24(30-31(25)35-39-34-30)21-10-8-20(9-11-21)17-23(19-33)32(37)38/h4-15,17-18H,2-3,16H2,1H3,(H,37,38)/b23-17-. The number of nitrogens with zero attached hydrogens (tertiary/aromatic N) is 4. The van der Waals surface area contributed by atoms with Gasteiger partial charge in [-0.3, -0.25) is 0 Å². The van der Waals surface area contributed by atoms with Gasteiger partial charge in [-0.2, -0.15) is 14.0 Å². The number of aliphatic carboxylic acids is 1. The minimum absolute atomic E-state index is 0.302. The summed E-state index contributed by atoms with van der Waals surface area (Å²) in [7, 11) is 0. The van der Waals surface area contributed by atoms with Gasteiger partial charge in [-0.1, -0.05) is 74.0 Å². The fraction of sp³-hybridized carbons (Fsp3) is 0.125. The summed E-state index contributed by atoms with van der Waals surface area (Å²) in [6.07, 6.45) is 3.65. The number of aromatic nitrogens is 3. The number of hydrogen-bond donors (Lipinski definition) is 1. The first-order valence-electron chi connectivity index (χ1n) is 12.8. The zero-order valence-corrected chi connectivity index (χ0v) is 22.1. The molecule has 39 heavy (non-hydrogen) atoms. The quantitative estimate of drug-likeness (QED) is 0.168. The van der Waals surface area contributed by atoms with Crippen LogP contribution in [-0.2, 0) is 11.3 Å². The van der Waals surface area contributed by atoms with Gasteiger partial charge in [0.05, 0.1) is 11.7 Å². The van der Waals surface area contributed by atoms with E-state index in [9.17, 15) is 4.79 Å². The molecule has 0 amide bonds. The summed E-state index contributed by atoms with van der Waals surface area (Å²) in [6.45, 7) is 3.22. The minimum atomic E-state index is -1.24. The molecule has 0 saturated carbocycles. The van der Waals surface area contributed by atoms with Crippen molar-refractivity contribution >= 4 is 56.6 Å². The van der Waals surface area contributed by atoms with Gasteiger partial charge in [0.2, 0.25) is 0 Å². The van der Waals surface area contributed by atoms with Crippen LogP contribution in [0.25, 0.3) is 61.2 Å². The van der Waals surface area contributed by atoms with Crippen LogP contribution >= 0.6 is 11.7 Å². The van der Waals surface area contributed by atoms with E-state index >= 15 is 0 Å². The van der Waals surface area contributed by atoms with Crippen molar-refractivity contribution in [3.8, 4) is 28.3 Å². The molecular formula is C32H24N4O2S. The molecule has 0 aliphatic heterocycles. The number of unbranched alkanes of at least 4 members (excludes halogenated alkanes) is 1. The van der Waals surface area contributed by atoms with Crippen LogP contribution < -0.4 is 0 Å². The van der Waals surface area contributed by atoms with Gasteiger partial charge >= 0.3 is 5.97 Å². The summed E-state index contributed by atoms with van der Waals surface area (Å²) >= 11 is 1.19. The van der Waals surface area contributed by atoms with Crippen LogP contribution in [0.3, 0.4) is 0 Å². The third-order valence-corrected chi connectivity index (χ3v) is 7.65. The molecule has 0 spiro atoms. The number of carboxylic acid groups (broad SMARTS) is 1. The Hall–Kier alpha value is -4.80. The molecular weight excluding hydrogens is 504 g/mol. The first-order valence-corrected chi connectivity index (χ1v) is 13.5. The van der Waals surface area contributed by atoms with Crippen LogP contribution in [0, 0.1) is 11.3 Å². The van der Waals surface area contributed by atoms with Gasteiger partial charge in [-0.15, -0.1) is 0 Å². The zero-order valence-electron chi connectivity index (χ0n) is 21.3. The Morgan fingerprint density at radius 3 is 2.28 bits per heavy atom. The summed E-state index contributed by atoms with van der Waals surface area (Å²) in [6, 6.07) is 28.6.